The van der Waals surface area contributed by atoms with Gasteiger partial charge >= 0.3 is 0 Å². The summed E-state index contributed by atoms with van der Waals surface area (Å²) < 4.78 is 2.30. The second-order valence-electron chi connectivity index (χ2n) is 19.9. The van der Waals surface area contributed by atoms with Crippen molar-refractivity contribution >= 4 is 62.0 Å². The molecule has 2 heterocycles. The second-order valence-corrected chi connectivity index (χ2v) is 23.7. The first-order valence-electron chi connectivity index (χ1n) is 26.7. The van der Waals surface area contributed by atoms with Crippen molar-refractivity contribution in [2.24, 2.45) is 0 Å². The van der Waals surface area contributed by atoms with E-state index in [0.717, 1.165) is 66.4 Å². The van der Waals surface area contributed by atoms with Gasteiger partial charge in [0.15, 0.2) is 36.9 Å². The van der Waals surface area contributed by atoms with Crippen molar-refractivity contribution in [1.82, 2.24) is 19.5 Å². The van der Waals surface area contributed by atoms with Crippen molar-refractivity contribution in [1.29, 1.82) is 10.5 Å². The molecule has 0 atom stereocenters. The van der Waals surface area contributed by atoms with E-state index in [1.165, 1.54) is 20.7 Å². The van der Waals surface area contributed by atoms with Crippen molar-refractivity contribution in [3.63, 3.8) is 0 Å². The molecule has 9 heteroatoms. The molecule has 0 unspecified atom stereocenters. The lowest BCUT2D eigenvalue weighted by Gasteiger charge is -2.34. The van der Waals surface area contributed by atoms with Crippen LogP contribution in [-0.4, -0.2) is 27.6 Å². The van der Waals surface area contributed by atoms with E-state index in [1.807, 2.05) is 84.9 Å². The van der Waals surface area contributed by atoms with E-state index in [-0.39, 0.29) is 0 Å². The number of rotatable bonds is 11. The lowest BCUT2D eigenvalue weighted by atomic mass is 9.97. The van der Waals surface area contributed by atoms with Gasteiger partial charge in [0, 0.05) is 44.2 Å². The van der Waals surface area contributed by atoms with Crippen molar-refractivity contribution in [3.8, 4) is 85.4 Å². The van der Waals surface area contributed by atoms with Crippen LogP contribution in [0.4, 0.5) is 11.4 Å². The first kappa shape index (κ1) is 49.9. The molecule has 0 aliphatic rings. The molecule has 13 aromatic rings. The van der Waals surface area contributed by atoms with Gasteiger partial charge in [0.1, 0.15) is 0 Å². The minimum absolute atomic E-state index is 0.375. The summed E-state index contributed by atoms with van der Waals surface area (Å²) in [6.07, 6.45) is 0. The molecule has 0 spiro atoms. The molecule has 380 valence electrons. The number of aromatic nitrogens is 4. The summed E-state index contributed by atoms with van der Waals surface area (Å²) in [4.78, 5) is 23.0. The summed E-state index contributed by atoms with van der Waals surface area (Å²) in [7, 11) is -2.99. The molecule has 0 aliphatic carbocycles. The molecule has 13 rings (SSSR count). The molecule has 0 saturated heterocycles. The van der Waals surface area contributed by atoms with Gasteiger partial charge in [-0.05, 0) is 97.1 Å². The highest BCUT2D eigenvalue weighted by Gasteiger charge is 2.41. The minimum Gasteiger partial charge on any atom is -0.309 e. The van der Waals surface area contributed by atoms with Crippen LogP contribution < -0.4 is 20.7 Å². The summed E-state index contributed by atoms with van der Waals surface area (Å²) in [6.45, 7) is 15.9. The maximum atomic E-state index is 10.5. The van der Waals surface area contributed by atoms with Crippen LogP contribution >= 0.6 is 0 Å². The Morgan fingerprint density at radius 2 is 0.829 bits per heavy atom. The monoisotopic (exact) mass is 1060 g/mol. The molecule has 0 bridgehead atoms. The van der Waals surface area contributed by atoms with Crippen LogP contribution in [-0.2, 0) is 0 Å². The standard InChI is InChI=1S/C73H44N8Si/c1-76-57-35-38-62(56(42-57)48-75)53-33-39-68-65(44-53)66-45-54(63-36-31-49(47-74)41-67(63)77-2)34-40-69(66)81(68)70-46-55(73-79-71(50-19-8-3-9-20-50)78-72(80-73)51-21-10-4-11-22-51)32-37-64(70)52-23-18-30-61(43-52)82(58-24-12-5-13-25-58,59-26-14-6-15-27-59)60-28-16-7-17-29-60/h3-46H. The molecule has 0 amide bonds. The van der Waals surface area contributed by atoms with Crippen LogP contribution in [0, 0.1) is 35.8 Å². The molecule has 8 nitrogen and oxygen atoms in total. The van der Waals surface area contributed by atoms with Crippen molar-refractivity contribution in [2.45, 2.75) is 0 Å². The quantitative estimate of drug-likeness (QED) is 0.0730. The normalized spacial score (nSPS) is 11.1. The van der Waals surface area contributed by atoms with E-state index in [4.69, 9.17) is 28.1 Å². The molecule has 0 N–H and O–H groups in total. The smallest absolute Gasteiger partial charge is 0.196 e. The van der Waals surface area contributed by atoms with Gasteiger partial charge in [-0.1, -0.05) is 218 Å². The van der Waals surface area contributed by atoms with E-state index < -0.39 is 8.07 Å². The summed E-state index contributed by atoms with van der Waals surface area (Å²) in [5, 5.41) is 27.1. The summed E-state index contributed by atoms with van der Waals surface area (Å²) in [5.74, 6) is 1.60. The molecule has 0 saturated carbocycles. The number of benzene rings is 11. The predicted molar refractivity (Wildman–Crippen MR) is 332 cm³/mol. The van der Waals surface area contributed by atoms with E-state index in [0.29, 0.717) is 51.1 Å². The fraction of sp³-hybridized carbons (Fsp3) is 0. The lowest BCUT2D eigenvalue weighted by Crippen LogP contribution is -2.74. The Labute approximate surface area is 475 Å². The number of hydrogen-bond donors (Lipinski definition) is 0. The van der Waals surface area contributed by atoms with Crippen molar-refractivity contribution in [3.05, 3.63) is 301 Å². The van der Waals surface area contributed by atoms with Gasteiger partial charge < -0.3 is 4.57 Å². The molecule has 0 aliphatic heterocycles. The Morgan fingerprint density at radius 3 is 1.35 bits per heavy atom. The molecular weight excluding hydrogens is 1020 g/mol. The summed E-state index contributed by atoms with van der Waals surface area (Å²) >= 11 is 0. The van der Waals surface area contributed by atoms with Gasteiger partial charge in [-0.2, -0.15) is 10.5 Å². The third-order valence-electron chi connectivity index (χ3n) is 15.3. The zero-order chi connectivity index (χ0) is 55.6. The third-order valence-corrected chi connectivity index (χ3v) is 20.1. The largest absolute Gasteiger partial charge is 0.309 e. The van der Waals surface area contributed by atoms with Gasteiger partial charge in [-0.15, -0.1) is 0 Å². The van der Waals surface area contributed by atoms with Gasteiger partial charge in [0.05, 0.1) is 42.0 Å². The predicted octanol–water partition coefficient (Wildman–Crippen LogP) is 15.2. The average Bonchev–Trinajstić information content (AvgIpc) is 4.04. The van der Waals surface area contributed by atoms with Gasteiger partial charge in [-0.25, -0.2) is 24.6 Å². The Hall–Kier alpha value is -11.6. The number of nitrogens with zero attached hydrogens (tertiary/aromatic N) is 8. The molecule has 2 aromatic heterocycles. The van der Waals surface area contributed by atoms with Crippen LogP contribution in [0.25, 0.3) is 105 Å². The Bertz CT molecular complexity index is 4500. The second kappa shape index (κ2) is 21.3. The van der Waals surface area contributed by atoms with Crippen molar-refractivity contribution in [2.75, 3.05) is 0 Å². The molecular formula is C73H44N8Si. The zero-order valence-electron chi connectivity index (χ0n) is 44.0. The average molecular weight is 1060 g/mol. The van der Waals surface area contributed by atoms with E-state index >= 15 is 0 Å². The highest BCUT2D eigenvalue weighted by atomic mass is 28.3. The highest BCUT2D eigenvalue weighted by Crippen LogP contribution is 2.43. The fourth-order valence-corrected chi connectivity index (χ4v) is 16.3. The van der Waals surface area contributed by atoms with E-state index in [1.54, 1.807) is 24.3 Å². The first-order valence-corrected chi connectivity index (χ1v) is 28.7. The number of fused-ring (bicyclic) bond motifs is 3. The Balaban J connectivity index is 1.12. The SMILES string of the molecule is [C-]#[N+]c1ccc(-c2ccc3c(c2)c2cc(-c4ccc(C#N)cc4[N+]#[C-])ccc2n3-c2cc(-c3nc(-c4ccccc4)nc(-c4ccccc4)n3)ccc2-c2cccc([Si](c3ccccc3)(c3ccccc3)c3ccccc3)c2)c(C#N)c1. The van der Waals surface area contributed by atoms with Gasteiger partial charge in [0.2, 0.25) is 0 Å². The van der Waals surface area contributed by atoms with E-state index in [2.05, 4.69) is 184 Å². The van der Waals surface area contributed by atoms with Crippen LogP contribution in [0.2, 0.25) is 0 Å². The highest BCUT2D eigenvalue weighted by molar-refractivity contribution is 7.19. The van der Waals surface area contributed by atoms with Crippen molar-refractivity contribution < 1.29 is 0 Å². The third kappa shape index (κ3) is 8.85. The fourth-order valence-electron chi connectivity index (χ4n) is 11.5. The minimum atomic E-state index is -2.99. The summed E-state index contributed by atoms with van der Waals surface area (Å²) in [5.41, 5.74) is 11.7. The number of hydrogen-bond acceptors (Lipinski definition) is 5. The van der Waals surface area contributed by atoms with Gasteiger partial charge in [0.25, 0.3) is 0 Å². The molecule has 0 radical (unpaired) electrons. The maximum Gasteiger partial charge on any atom is 0.196 e. The Morgan fingerprint density at radius 1 is 0.366 bits per heavy atom. The molecule has 82 heavy (non-hydrogen) atoms. The van der Waals surface area contributed by atoms with Gasteiger partial charge in [-0.3, -0.25) is 0 Å². The zero-order valence-corrected chi connectivity index (χ0v) is 45.0. The van der Waals surface area contributed by atoms with E-state index in [9.17, 15) is 10.5 Å². The van der Waals surface area contributed by atoms with Crippen LogP contribution in [0.1, 0.15) is 11.1 Å². The van der Waals surface area contributed by atoms with Crippen LogP contribution in [0.15, 0.2) is 267 Å². The Kier molecular flexibility index (Phi) is 13.0. The molecule has 0 fully saturated rings. The summed E-state index contributed by atoms with van der Waals surface area (Å²) in [6, 6.07) is 95.8. The maximum absolute atomic E-state index is 10.5. The van der Waals surface area contributed by atoms with Crippen LogP contribution in [0.3, 0.4) is 0 Å². The topological polar surface area (TPSA) is 99.9 Å². The van der Waals surface area contributed by atoms with Crippen LogP contribution in [0.5, 0.6) is 0 Å². The number of nitriles is 2. The molecule has 11 aromatic carbocycles. The lowest BCUT2D eigenvalue weighted by molar-refractivity contribution is 1.07. The first-order chi connectivity index (χ1) is 40.4.